The van der Waals surface area contributed by atoms with Crippen molar-refractivity contribution in [3.63, 3.8) is 0 Å². The van der Waals surface area contributed by atoms with E-state index < -0.39 is 23.7 Å². The second-order valence-corrected chi connectivity index (χ2v) is 8.87. The largest absolute Gasteiger partial charge is 0.480 e. The minimum Gasteiger partial charge on any atom is -0.480 e. The maximum absolute atomic E-state index is 13.0. The summed E-state index contributed by atoms with van der Waals surface area (Å²) in [6, 6.07) is 8.24. The number of rotatable bonds is 10. The van der Waals surface area contributed by atoms with Crippen LogP contribution >= 0.6 is 0 Å². The molecule has 1 fully saturated rings. The maximum Gasteiger partial charge on any atom is 0.326 e. The molecule has 0 bridgehead atoms. The van der Waals surface area contributed by atoms with Crippen LogP contribution in [0.15, 0.2) is 36.4 Å². The molecule has 0 saturated heterocycles. The summed E-state index contributed by atoms with van der Waals surface area (Å²) in [6.07, 6.45) is 6.50. The van der Waals surface area contributed by atoms with E-state index in [1.54, 1.807) is 0 Å². The van der Waals surface area contributed by atoms with E-state index in [1.807, 2.05) is 0 Å². The van der Waals surface area contributed by atoms with E-state index in [0.29, 0.717) is 5.92 Å². The molecule has 1 aromatic carbocycles. The number of nitrogens with one attached hydrogen (secondary N) is 2. The third-order valence-corrected chi connectivity index (χ3v) is 6.42. The van der Waals surface area contributed by atoms with Crippen molar-refractivity contribution in [2.24, 2.45) is 5.92 Å². The first-order valence-corrected chi connectivity index (χ1v) is 11.6. The molecule has 176 valence electrons. The fourth-order valence-electron chi connectivity index (χ4n) is 4.36. The number of carbonyl (C=O) groups is 2. The number of benzene rings is 1. The normalized spacial score (nSPS) is 20.2. The number of anilines is 1. The van der Waals surface area contributed by atoms with Gasteiger partial charge in [0.15, 0.2) is 0 Å². The molecule has 2 heterocycles. The molecular formula is C25H30FN3O4. The molecule has 33 heavy (non-hydrogen) atoms. The number of amides is 1. The first-order chi connectivity index (χ1) is 16.0. The number of aryl methyl sites for hydroxylation is 2. The number of aliphatic carboxylic acids is 1. The van der Waals surface area contributed by atoms with Gasteiger partial charge in [0.2, 0.25) is 0 Å². The average molecular weight is 456 g/mol. The Bertz CT molecular complexity index is 976. The van der Waals surface area contributed by atoms with Gasteiger partial charge in [-0.25, -0.2) is 14.2 Å². The van der Waals surface area contributed by atoms with Gasteiger partial charge in [0, 0.05) is 30.8 Å². The molecule has 8 heteroatoms. The molecule has 1 saturated carbocycles. The van der Waals surface area contributed by atoms with Gasteiger partial charge in [-0.1, -0.05) is 6.07 Å². The number of carboxylic acids is 1. The number of carbonyl (C=O) groups excluding carboxylic acids is 1. The maximum atomic E-state index is 13.0. The number of fused-ring (bicyclic) bond motifs is 1. The van der Waals surface area contributed by atoms with E-state index in [4.69, 9.17) is 9.72 Å². The van der Waals surface area contributed by atoms with Crippen molar-refractivity contribution in [2.45, 2.75) is 57.1 Å². The van der Waals surface area contributed by atoms with E-state index >= 15 is 0 Å². The fourth-order valence-corrected chi connectivity index (χ4v) is 4.36. The van der Waals surface area contributed by atoms with Crippen LogP contribution in [0.25, 0.3) is 0 Å². The van der Waals surface area contributed by atoms with Crippen molar-refractivity contribution in [1.82, 2.24) is 10.3 Å². The molecule has 1 aliphatic carbocycles. The van der Waals surface area contributed by atoms with Gasteiger partial charge in [-0.15, -0.1) is 0 Å². The zero-order valence-electron chi connectivity index (χ0n) is 18.6. The number of ether oxygens (including phenoxy) is 1. The van der Waals surface area contributed by atoms with Gasteiger partial charge >= 0.3 is 5.97 Å². The van der Waals surface area contributed by atoms with Crippen molar-refractivity contribution < 1.29 is 23.8 Å². The minimum absolute atomic E-state index is 0.135. The topological polar surface area (TPSA) is 101 Å². The summed E-state index contributed by atoms with van der Waals surface area (Å²) < 4.78 is 18.8. The first-order valence-electron chi connectivity index (χ1n) is 11.6. The Morgan fingerprint density at radius 3 is 2.76 bits per heavy atom. The number of halogens is 1. The quantitative estimate of drug-likeness (QED) is 0.506. The van der Waals surface area contributed by atoms with Crippen molar-refractivity contribution in [2.75, 3.05) is 18.5 Å². The highest BCUT2D eigenvalue weighted by atomic mass is 19.1. The Morgan fingerprint density at radius 1 is 1.21 bits per heavy atom. The zero-order chi connectivity index (χ0) is 23.2. The predicted molar refractivity (Wildman–Crippen MR) is 122 cm³/mol. The summed E-state index contributed by atoms with van der Waals surface area (Å²) >= 11 is 0. The van der Waals surface area contributed by atoms with Crippen molar-refractivity contribution in [3.05, 3.63) is 59.0 Å². The Hall–Kier alpha value is -3.00. The molecule has 2 aliphatic rings. The lowest BCUT2D eigenvalue weighted by molar-refractivity contribution is -0.140. The summed E-state index contributed by atoms with van der Waals surface area (Å²) in [6.45, 7) is 1.25. The van der Waals surface area contributed by atoms with Crippen LogP contribution < -0.4 is 10.6 Å². The van der Waals surface area contributed by atoms with Crippen molar-refractivity contribution >= 4 is 17.7 Å². The monoisotopic (exact) mass is 455 g/mol. The number of carboxylic acid groups (broad SMARTS) is 1. The van der Waals surface area contributed by atoms with Crippen molar-refractivity contribution in [3.8, 4) is 0 Å². The van der Waals surface area contributed by atoms with Crippen LogP contribution in [-0.4, -0.2) is 47.3 Å². The molecule has 2 aromatic rings. The Labute approximate surface area is 192 Å². The first kappa shape index (κ1) is 23.2. The van der Waals surface area contributed by atoms with Gasteiger partial charge in [0.1, 0.15) is 17.7 Å². The van der Waals surface area contributed by atoms with E-state index in [9.17, 15) is 19.1 Å². The lowest BCUT2D eigenvalue weighted by Crippen LogP contribution is -2.42. The molecule has 1 amide bonds. The van der Waals surface area contributed by atoms with Gasteiger partial charge in [-0.3, -0.25) is 4.79 Å². The minimum atomic E-state index is -1.12. The Morgan fingerprint density at radius 2 is 2.00 bits per heavy atom. The highest BCUT2D eigenvalue weighted by molar-refractivity contribution is 5.96. The second kappa shape index (κ2) is 10.7. The van der Waals surface area contributed by atoms with Crippen LogP contribution in [0.2, 0.25) is 0 Å². The van der Waals surface area contributed by atoms with E-state index in [0.717, 1.165) is 56.6 Å². The van der Waals surface area contributed by atoms with Crippen LogP contribution in [-0.2, 0) is 22.4 Å². The van der Waals surface area contributed by atoms with Crippen molar-refractivity contribution in [1.29, 1.82) is 0 Å². The van der Waals surface area contributed by atoms with E-state index in [-0.39, 0.29) is 24.7 Å². The van der Waals surface area contributed by atoms with Crippen LogP contribution in [0, 0.1) is 11.7 Å². The van der Waals surface area contributed by atoms with Crippen LogP contribution in [0.5, 0.6) is 0 Å². The predicted octanol–water partition coefficient (Wildman–Crippen LogP) is 3.58. The molecule has 1 aromatic heterocycles. The zero-order valence-corrected chi connectivity index (χ0v) is 18.6. The second-order valence-electron chi connectivity index (χ2n) is 8.87. The van der Waals surface area contributed by atoms with Gasteiger partial charge in [0.05, 0.1) is 6.10 Å². The third kappa shape index (κ3) is 6.28. The van der Waals surface area contributed by atoms with Gasteiger partial charge < -0.3 is 20.5 Å². The summed E-state index contributed by atoms with van der Waals surface area (Å²) in [4.78, 5) is 28.4. The van der Waals surface area contributed by atoms with Gasteiger partial charge in [0.25, 0.3) is 5.91 Å². The van der Waals surface area contributed by atoms with E-state index in [1.165, 1.54) is 29.8 Å². The number of hydrogen-bond acceptors (Lipinski definition) is 5. The van der Waals surface area contributed by atoms with Crippen LogP contribution in [0.4, 0.5) is 10.2 Å². The Balaban J connectivity index is 1.14. The summed E-state index contributed by atoms with van der Waals surface area (Å²) in [5, 5.41) is 15.3. The third-order valence-electron chi connectivity index (χ3n) is 6.42. The highest BCUT2D eigenvalue weighted by Crippen LogP contribution is 2.34. The molecule has 0 spiro atoms. The molecule has 4 rings (SSSR count). The molecule has 0 radical (unpaired) electrons. The molecule has 1 aliphatic heterocycles. The van der Waals surface area contributed by atoms with Gasteiger partial charge in [-0.05, 0) is 80.3 Å². The average Bonchev–Trinajstić information content (AvgIpc) is 2.79. The Kier molecular flexibility index (Phi) is 7.54. The molecule has 1 atom stereocenters. The smallest absolute Gasteiger partial charge is 0.326 e. The lowest BCUT2D eigenvalue weighted by Gasteiger charge is -2.35. The lowest BCUT2D eigenvalue weighted by atomic mass is 9.79. The van der Waals surface area contributed by atoms with Crippen LogP contribution in [0.1, 0.15) is 53.7 Å². The SMILES string of the molecule is O=C(N[C@@H](CCOC1CC(CCc2ccc3c(n2)NCCC3)C1)C(=O)O)c1ccc(F)cc1. The number of nitrogens with zero attached hydrogens (tertiary/aromatic N) is 1. The molecule has 3 N–H and O–H groups in total. The molecular weight excluding hydrogens is 425 g/mol. The number of hydrogen-bond donors (Lipinski definition) is 3. The standard InChI is InChI=1S/C25H30FN3O4/c26-19-7-4-18(5-8-19)24(30)29-22(25(31)32)11-13-33-21-14-16(15-21)3-9-20-10-6-17-2-1-12-27-23(17)28-20/h4-8,10,16,21-22H,1-3,9,11-15H2,(H,27,28)(H,29,30)(H,31,32)/t16?,21?,22-/m0/s1. The molecule has 0 unspecified atom stereocenters. The summed E-state index contributed by atoms with van der Waals surface area (Å²) in [5.74, 6) is -0.489. The van der Waals surface area contributed by atoms with E-state index in [2.05, 4.69) is 22.8 Å². The van der Waals surface area contributed by atoms with Crippen LogP contribution in [0.3, 0.4) is 0 Å². The number of pyridine rings is 1. The summed E-state index contributed by atoms with van der Waals surface area (Å²) in [5.41, 5.74) is 2.64. The highest BCUT2D eigenvalue weighted by Gasteiger charge is 2.30. The summed E-state index contributed by atoms with van der Waals surface area (Å²) in [7, 11) is 0. The fraction of sp³-hybridized carbons (Fsp3) is 0.480. The molecule has 7 nitrogen and oxygen atoms in total. The number of aromatic nitrogens is 1. The van der Waals surface area contributed by atoms with Gasteiger partial charge in [-0.2, -0.15) is 0 Å².